The minimum Gasteiger partial charge on any atom is -0.376 e. The Morgan fingerprint density at radius 1 is 1.38 bits per heavy atom. The molecular formula is C12H22N2O2. The molecule has 2 unspecified atom stereocenters. The monoisotopic (exact) mass is 226 g/mol. The molecule has 0 bridgehead atoms. The van der Waals surface area contributed by atoms with E-state index >= 15 is 0 Å². The van der Waals surface area contributed by atoms with Gasteiger partial charge in [0.05, 0.1) is 18.2 Å². The third kappa shape index (κ3) is 2.55. The molecule has 2 rings (SSSR count). The Morgan fingerprint density at radius 2 is 2.06 bits per heavy atom. The van der Waals surface area contributed by atoms with Crippen LogP contribution in [0, 0.1) is 11.8 Å². The number of carbonyl (C=O) groups excluding carboxylic acids is 1. The number of nitrogens with one attached hydrogen (secondary N) is 1. The molecule has 0 radical (unpaired) electrons. The number of nitrogens with two attached hydrogens (primary N) is 1. The van der Waals surface area contributed by atoms with Crippen LogP contribution in [0.3, 0.4) is 0 Å². The molecule has 0 aromatic carbocycles. The van der Waals surface area contributed by atoms with E-state index in [-0.39, 0.29) is 24.0 Å². The Labute approximate surface area is 96.9 Å². The lowest BCUT2D eigenvalue weighted by atomic mass is 10.0. The molecule has 0 aromatic heterocycles. The Hall–Kier alpha value is -0.610. The van der Waals surface area contributed by atoms with Gasteiger partial charge in [0.2, 0.25) is 5.91 Å². The van der Waals surface area contributed by atoms with Crippen LogP contribution in [0.1, 0.15) is 33.1 Å². The van der Waals surface area contributed by atoms with E-state index in [9.17, 15) is 4.79 Å². The molecule has 1 saturated heterocycles. The van der Waals surface area contributed by atoms with E-state index in [1.165, 1.54) is 12.8 Å². The van der Waals surface area contributed by atoms with E-state index in [4.69, 9.17) is 10.5 Å². The SMILES string of the molecule is CC(C)[C@H](N)C(=O)NC1CCOC1C1CC1. The average Bonchev–Trinajstić information content (AvgIpc) is 2.99. The molecule has 3 N–H and O–H groups in total. The van der Waals surface area contributed by atoms with E-state index < -0.39 is 6.04 Å². The van der Waals surface area contributed by atoms with Gasteiger partial charge in [0.15, 0.2) is 0 Å². The van der Waals surface area contributed by atoms with Gasteiger partial charge in [-0.3, -0.25) is 4.79 Å². The first kappa shape index (κ1) is 11.9. The van der Waals surface area contributed by atoms with Gasteiger partial charge in [-0.1, -0.05) is 13.8 Å². The molecule has 4 heteroatoms. The summed E-state index contributed by atoms with van der Waals surface area (Å²) in [7, 11) is 0. The smallest absolute Gasteiger partial charge is 0.237 e. The van der Waals surface area contributed by atoms with Crippen LogP contribution in [0.2, 0.25) is 0 Å². The Bertz CT molecular complexity index is 264. The normalized spacial score (nSPS) is 31.8. The number of hydrogen-bond donors (Lipinski definition) is 2. The van der Waals surface area contributed by atoms with Crippen molar-refractivity contribution in [2.75, 3.05) is 6.61 Å². The summed E-state index contributed by atoms with van der Waals surface area (Å²) in [5.41, 5.74) is 5.82. The van der Waals surface area contributed by atoms with Crippen LogP contribution in [0.15, 0.2) is 0 Å². The Kier molecular flexibility index (Phi) is 3.50. The van der Waals surface area contributed by atoms with Crippen molar-refractivity contribution in [3.63, 3.8) is 0 Å². The topological polar surface area (TPSA) is 64.4 Å². The molecule has 1 aliphatic carbocycles. The van der Waals surface area contributed by atoms with Crippen LogP contribution in [0.25, 0.3) is 0 Å². The highest BCUT2D eigenvalue weighted by Crippen LogP contribution is 2.38. The van der Waals surface area contributed by atoms with Gasteiger partial charge in [0, 0.05) is 6.61 Å². The van der Waals surface area contributed by atoms with Crippen molar-refractivity contribution in [2.24, 2.45) is 17.6 Å². The molecule has 92 valence electrons. The van der Waals surface area contributed by atoms with E-state index in [2.05, 4.69) is 5.32 Å². The molecule has 0 aromatic rings. The van der Waals surface area contributed by atoms with Crippen molar-refractivity contribution in [3.8, 4) is 0 Å². The van der Waals surface area contributed by atoms with Gasteiger partial charge >= 0.3 is 0 Å². The highest BCUT2D eigenvalue weighted by atomic mass is 16.5. The fourth-order valence-electron chi connectivity index (χ4n) is 2.24. The summed E-state index contributed by atoms with van der Waals surface area (Å²) in [5, 5.41) is 3.04. The molecule has 2 aliphatic rings. The predicted molar refractivity (Wildman–Crippen MR) is 61.8 cm³/mol. The minimum absolute atomic E-state index is 0.0313. The lowest BCUT2D eigenvalue weighted by molar-refractivity contribution is -0.124. The first-order chi connectivity index (χ1) is 7.59. The van der Waals surface area contributed by atoms with Crippen LogP contribution < -0.4 is 11.1 Å². The van der Waals surface area contributed by atoms with Gasteiger partial charge in [-0.25, -0.2) is 0 Å². The van der Waals surface area contributed by atoms with E-state index in [0.717, 1.165) is 13.0 Å². The maximum absolute atomic E-state index is 11.8. The molecule has 16 heavy (non-hydrogen) atoms. The zero-order chi connectivity index (χ0) is 11.7. The summed E-state index contributed by atoms with van der Waals surface area (Å²) in [5.74, 6) is 0.820. The highest BCUT2D eigenvalue weighted by Gasteiger charge is 2.41. The van der Waals surface area contributed by atoms with Gasteiger partial charge in [-0.05, 0) is 31.1 Å². The largest absolute Gasteiger partial charge is 0.376 e. The summed E-state index contributed by atoms with van der Waals surface area (Å²) in [6, 6.07) is -0.217. The number of hydrogen-bond acceptors (Lipinski definition) is 3. The van der Waals surface area contributed by atoms with Crippen LogP contribution in [0.5, 0.6) is 0 Å². The van der Waals surface area contributed by atoms with Crippen LogP contribution in [0.4, 0.5) is 0 Å². The van der Waals surface area contributed by atoms with Crippen molar-refractivity contribution in [1.29, 1.82) is 0 Å². The van der Waals surface area contributed by atoms with Crippen molar-refractivity contribution in [3.05, 3.63) is 0 Å². The molecule has 1 heterocycles. The number of amides is 1. The molecule has 1 amide bonds. The molecule has 0 spiro atoms. The standard InChI is InChI=1S/C12H22N2O2/c1-7(2)10(13)12(15)14-9-5-6-16-11(9)8-3-4-8/h7-11H,3-6,13H2,1-2H3,(H,14,15)/t9?,10-,11?/m0/s1. The van der Waals surface area contributed by atoms with Gasteiger partial charge in [-0.2, -0.15) is 0 Å². The lowest BCUT2D eigenvalue weighted by Crippen LogP contribution is -2.50. The number of ether oxygens (including phenoxy) is 1. The van der Waals surface area contributed by atoms with Crippen LogP contribution >= 0.6 is 0 Å². The van der Waals surface area contributed by atoms with E-state index in [0.29, 0.717) is 5.92 Å². The van der Waals surface area contributed by atoms with Gasteiger partial charge < -0.3 is 15.8 Å². The third-order valence-corrected chi connectivity index (χ3v) is 3.57. The summed E-state index contributed by atoms with van der Waals surface area (Å²) < 4.78 is 5.68. The van der Waals surface area contributed by atoms with Gasteiger partial charge in [-0.15, -0.1) is 0 Å². The fourth-order valence-corrected chi connectivity index (χ4v) is 2.24. The lowest BCUT2D eigenvalue weighted by Gasteiger charge is -2.22. The minimum atomic E-state index is -0.402. The molecule has 1 aliphatic heterocycles. The second kappa shape index (κ2) is 4.72. The molecular weight excluding hydrogens is 204 g/mol. The summed E-state index contributed by atoms with van der Waals surface area (Å²) in [6.45, 7) is 4.70. The average molecular weight is 226 g/mol. The van der Waals surface area contributed by atoms with Gasteiger partial charge in [0.25, 0.3) is 0 Å². The molecule has 3 atom stereocenters. The summed E-state index contributed by atoms with van der Waals surface area (Å²) in [6.07, 6.45) is 3.65. The van der Waals surface area contributed by atoms with Gasteiger partial charge in [0.1, 0.15) is 0 Å². The van der Waals surface area contributed by atoms with Crippen molar-refractivity contribution in [2.45, 2.75) is 51.3 Å². The van der Waals surface area contributed by atoms with Crippen LogP contribution in [-0.2, 0) is 9.53 Å². The summed E-state index contributed by atoms with van der Waals surface area (Å²) in [4.78, 5) is 11.8. The Balaban J connectivity index is 1.86. The van der Waals surface area contributed by atoms with Crippen LogP contribution in [-0.4, -0.2) is 30.7 Å². The zero-order valence-electron chi connectivity index (χ0n) is 10.1. The third-order valence-electron chi connectivity index (χ3n) is 3.57. The quantitative estimate of drug-likeness (QED) is 0.740. The number of carbonyl (C=O) groups is 1. The highest BCUT2D eigenvalue weighted by molar-refractivity contribution is 5.82. The Morgan fingerprint density at radius 3 is 2.62 bits per heavy atom. The molecule has 4 nitrogen and oxygen atoms in total. The fraction of sp³-hybridized carbons (Fsp3) is 0.917. The maximum atomic E-state index is 11.8. The maximum Gasteiger partial charge on any atom is 0.237 e. The first-order valence-electron chi connectivity index (χ1n) is 6.27. The van der Waals surface area contributed by atoms with Crippen molar-refractivity contribution >= 4 is 5.91 Å². The predicted octanol–water partition coefficient (Wildman–Crippen LogP) is 0.653. The van der Waals surface area contributed by atoms with Crippen molar-refractivity contribution in [1.82, 2.24) is 5.32 Å². The van der Waals surface area contributed by atoms with E-state index in [1.807, 2.05) is 13.8 Å². The zero-order valence-corrected chi connectivity index (χ0v) is 10.1. The van der Waals surface area contributed by atoms with E-state index in [1.54, 1.807) is 0 Å². The molecule has 2 fully saturated rings. The second-order valence-corrected chi connectivity index (χ2v) is 5.35. The second-order valence-electron chi connectivity index (χ2n) is 5.35. The van der Waals surface area contributed by atoms with Crippen molar-refractivity contribution < 1.29 is 9.53 Å². The number of rotatable bonds is 4. The first-order valence-corrected chi connectivity index (χ1v) is 6.27. The summed E-state index contributed by atoms with van der Waals surface area (Å²) >= 11 is 0. The molecule has 1 saturated carbocycles.